The van der Waals surface area contributed by atoms with Gasteiger partial charge in [-0.25, -0.2) is 19.3 Å². The molecule has 0 unspecified atom stereocenters. The lowest BCUT2D eigenvalue weighted by atomic mass is 10.2. The van der Waals surface area contributed by atoms with Crippen LogP contribution in [0.5, 0.6) is 0 Å². The van der Waals surface area contributed by atoms with E-state index in [1.807, 2.05) is 30.3 Å². The number of carbonyl (C=O) groups excluding carboxylic acids is 1. The normalized spacial score (nSPS) is 10.8. The maximum Gasteiger partial charge on any atom is 0.419 e. The number of nitrogens with zero attached hydrogens (tertiary/aromatic N) is 3. The number of hydrogen-bond donors (Lipinski definition) is 0. The number of benzene rings is 1. The molecule has 3 rings (SSSR count). The predicted molar refractivity (Wildman–Crippen MR) is 80.5 cm³/mol. The van der Waals surface area contributed by atoms with Gasteiger partial charge >= 0.3 is 6.09 Å². The number of carbonyl (C=O) groups is 1. The van der Waals surface area contributed by atoms with Gasteiger partial charge in [-0.15, -0.1) is 0 Å². The highest BCUT2D eigenvalue weighted by Gasteiger charge is 2.18. The van der Waals surface area contributed by atoms with Crippen molar-refractivity contribution in [1.29, 1.82) is 0 Å². The zero-order valence-corrected chi connectivity index (χ0v) is 12.3. The molecule has 0 fully saturated rings. The number of aryl methyl sites for hydroxylation is 1. The van der Waals surface area contributed by atoms with Crippen LogP contribution in [-0.2, 0) is 4.74 Å². The van der Waals surface area contributed by atoms with E-state index in [0.29, 0.717) is 27.7 Å². The van der Waals surface area contributed by atoms with Crippen molar-refractivity contribution >= 4 is 28.7 Å². The van der Waals surface area contributed by atoms with Gasteiger partial charge in [0.1, 0.15) is 5.15 Å². The summed E-state index contributed by atoms with van der Waals surface area (Å²) in [7, 11) is 1.33. The van der Waals surface area contributed by atoms with Crippen LogP contribution in [0.2, 0.25) is 5.15 Å². The molecule has 0 aliphatic heterocycles. The first-order valence-electron chi connectivity index (χ1n) is 6.31. The Bertz CT molecular complexity index is 828. The molecule has 0 atom stereocenters. The van der Waals surface area contributed by atoms with Gasteiger partial charge in [0.2, 0.25) is 0 Å². The summed E-state index contributed by atoms with van der Waals surface area (Å²) in [6.45, 7) is 1.79. The van der Waals surface area contributed by atoms with Gasteiger partial charge in [0, 0.05) is 11.3 Å². The smallest absolute Gasteiger partial charge is 0.419 e. The Morgan fingerprint density at radius 2 is 1.95 bits per heavy atom. The summed E-state index contributed by atoms with van der Waals surface area (Å²) in [6.07, 6.45) is -0.503. The van der Waals surface area contributed by atoms with Gasteiger partial charge in [0.15, 0.2) is 11.5 Å². The Morgan fingerprint density at radius 1 is 1.24 bits per heavy atom. The average molecular weight is 302 g/mol. The first-order valence-corrected chi connectivity index (χ1v) is 6.69. The van der Waals surface area contributed by atoms with Crippen molar-refractivity contribution in [2.75, 3.05) is 7.11 Å². The topological polar surface area (TPSA) is 57.0 Å². The van der Waals surface area contributed by atoms with Gasteiger partial charge in [-0.3, -0.25) is 0 Å². The standard InChI is InChI=1S/C15H12ClN3O2/c1-9-8-11-12(16)17-13(10-6-4-3-5-7-10)18-14(11)19(9)15(20)21-2/h3-8H,1-2H3. The highest BCUT2D eigenvalue weighted by atomic mass is 35.5. The van der Waals surface area contributed by atoms with Crippen molar-refractivity contribution in [3.63, 3.8) is 0 Å². The van der Waals surface area contributed by atoms with E-state index in [2.05, 4.69) is 9.97 Å². The molecule has 0 saturated carbocycles. The lowest BCUT2D eigenvalue weighted by molar-refractivity contribution is 0.173. The Morgan fingerprint density at radius 3 is 2.62 bits per heavy atom. The lowest BCUT2D eigenvalue weighted by Crippen LogP contribution is -2.13. The SMILES string of the molecule is COC(=O)n1c(C)cc2c(Cl)nc(-c3ccccc3)nc21. The fraction of sp³-hybridized carbons (Fsp3) is 0.133. The zero-order chi connectivity index (χ0) is 15.0. The molecular weight excluding hydrogens is 290 g/mol. The van der Waals surface area contributed by atoms with Gasteiger partial charge in [0.05, 0.1) is 12.5 Å². The van der Waals surface area contributed by atoms with E-state index in [4.69, 9.17) is 16.3 Å². The van der Waals surface area contributed by atoms with Crippen LogP contribution in [0.25, 0.3) is 22.4 Å². The number of hydrogen-bond acceptors (Lipinski definition) is 4. The summed E-state index contributed by atoms with van der Waals surface area (Å²) in [5.74, 6) is 0.469. The third-order valence-electron chi connectivity index (χ3n) is 3.19. The molecule has 0 aliphatic carbocycles. The minimum absolute atomic E-state index is 0.310. The maximum atomic E-state index is 11.9. The van der Waals surface area contributed by atoms with E-state index in [9.17, 15) is 4.79 Å². The predicted octanol–water partition coefficient (Wildman–Crippen LogP) is 3.67. The Balaban J connectivity index is 2.30. The molecule has 106 valence electrons. The van der Waals surface area contributed by atoms with Crippen molar-refractivity contribution in [3.05, 3.63) is 47.2 Å². The lowest BCUT2D eigenvalue weighted by Gasteiger charge is -2.06. The van der Waals surface area contributed by atoms with Crippen LogP contribution >= 0.6 is 11.6 Å². The quantitative estimate of drug-likeness (QED) is 0.643. The van der Waals surface area contributed by atoms with Crippen LogP contribution in [0.3, 0.4) is 0 Å². The molecular formula is C15H12ClN3O2. The van der Waals surface area contributed by atoms with Crippen LogP contribution in [0.15, 0.2) is 36.4 Å². The summed E-state index contributed by atoms with van der Waals surface area (Å²) in [6, 6.07) is 11.2. The number of aromatic nitrogens is 3. The number of fused-ring (bicyclic) bond motifs is 1. The number of ether oxygens (including phenoxy) is 1. The average Bonchev–Trinajstić information content (AvgIpc) is 2.84. The molecule has 0 bridgehead atoms. The van der Waals surface area contributed by atoms with Crippen molar-refractivity contribution in [2.45, 2.75) is 6.92 Å². The van der Waals surface area contributed by atoms with Gasteiger partial charge in [-0.2, -0.15) is 0 Å². The van der Waals surface area contributed by atoms with Crippen LogP contribution in [0.1, 0.15) is 5.69 Å². The highest BCUT2D eigenvalue weighted by Crippen LogP contribution is 2.27. The Hall–Kier alpha value is -2.40. The molecule has 0 N–H and O–H groups in total. The summed E-state index contributed by atoms with van der Waals surface area (Å²) >= 11 is 6.23. The van der Waals surface area contributed by atoms with Crippen molar-refractivity contribution < 1.29 is 9.53 Å². The van der Waals surface area contributed by atoms with Gasteiger partial charge in [-0.05, 0) is 13.0 Å². The van der Waals surface area contributed by atoms with E-state index in [-0.39, 0.29) is 0 Å². The minimum atomic E-state index is -0.503. The van der Waals surface area contributed by atoms with E-state index in [1.165, 1.54) is 11.7 Å². The van der Waals surface area contributed by atoms with Crippen LogP contribution < -0.4 is 0 Å². The van der Waals surface area contributed by atoms with Gasteiger partial charge in [0.25, 0.3) is 0 Å². The first-order chi connectivity index (χ1) is 10.1. The third kappa shape index (κ3) is 2.25. The second-order valence-corrected chi connectivity index (χ2v) is 4.89. The second-order valence-electron chi connectivity index (χ2n) is 4.53. The van der Waals surface area contributed by atoms with Crippen molar-refractivity contribution in [2.24, 2.45) is 0 Å². The van der Waals surface area contributed by atoms with Crippen LogP contribution in [0.4, 0.5) is 4.79 Å². The third-order valence-corrected chi connectivity index (χ3v) is 3.47. The number of halogens is 1. The largest absolute Gasteiger partial charge is 0.452 e. The summed E-state index contributed by atoms with van der Waals surface area (Å²) < 4.78 is 6.17. The van der Waals surface area contributed by atoms with Crippen LogP contribution in [0, 0.1) is 6.92 Å². The fourth-order valence-electron chi connectivity index (χ4n) is 2.20. The number of rotatable bonds is 1. The van der Waals surface area contributed by atoms with Crippen LogP contribution in [-0.4, -0.2) is 27.7 Å². The van der Waals surface area contributed by atoms with Crippen molar-refractivity contribution in [1.82, 2.24) is 14.5 Å². The molecule has 6 heteroatoms. The molecule has 21 heavy (non-hydrogen) atoms. The Labute approximate surface area is 126 Å². The van der Waals surface area contributed by atoms with Crippen molar-refractivity contribution in [3.8, 4) is 11.4 Å². The highest BCUT2D eigenvalue weighted by molar-refractivity contribution is 6.34. The van der Waals surface area contributed by atoms with Gasteiger partial charge in [-0.1, -0.05) is 41.9 Å². The molecule has 3 aromatic rings. The molecule has 0 saturated heterocycles. The number of methoxy groups -OCH3 is 1. The van der Waals surface area contributed by atoms with E-state index < -0.39 is 6.09 Å². The summed E-state index contributed by atoms with van der Waals surface area (Å²) in [4.78, 5) is 20.7. The fourth-order valence-corrected chi connectivity index (χ4v) is 2.42. The van der Waals surface area contributed by atoms with E-state index in [1.54, 1.807) is 13.0 Å². The molecule has 1 aromatic carbocycles. The zero-order valence-electron chi connectivity index (χ0n) is 11.5. The summed E-state index contributed by atoms with van der Waals surface area (Å²) in [5, 5.41) is 0.934. The molecule has 0 aliphatic rings. The summed E-state index contributed by atoms with van der Waals surface area (Å²) in [5.41, 5.74) is 1.97. The maximum absolute atomic E-state index is 11.9. The van der Waals surface area contributed by atoms with E-state index in [0.717, 1.165) is 5.56 Å². The second kappa shape index (κ2) is 5.18. The minimum Gasteiger partial charge on any atom is -0.452 e. The van der Waals surface area contributed by atoms with Gasteiger partial charge < -0.3 is 4.74 Å². The molecule has 0 spiro atoms. The molecule has 0 radical (unpaired) electrons. The Kier molecular flexibility index (Phi) is 3.35. The first kappa shape index (κ1) is 13.6. The molecule has 2 heterocycles. The molecule has 2 aromatic heterocycles. The molecule has 0 amide bonds. The van der Waals surface area contributed by atoms with E-state index >= 15 is 0 Å². The molecule has 5 nitrogen and oxygen atoms in total. The monoisotopic (exact) mass is 301 g/mol.